The molecule has 1 atom stereocenters. The van der Waals surface area contributed by atoms with Crippen LogP contribution < -0.4 is 20.5 Å². The maximum atomic E-state index is 13.1. The van der Waals surface area contributed by atoms with Gasteiger partial charge in [-0.1, -0.05) is 39.0 Å². The van der Waals surface area contributed by atoms with Gasteiger partial charge in [-0.15, -0.1) is 0 Å². The van der Waals surface area contributed by atoms with Crippen molar-refractivity contribution < 1.29 is 32.6 Å². The number of rotatable bonds is 9. The molecule has 0 radical (unpaired) electrons. The Labute approximate surface area is 275 Å². The van der Waals surface area contributed by atoms with Crippen molar-refractivity contribution in [2.75, 3.05) is 57.4 Å². The van der Waals surface area contributed by atoms with Crippen molar-refractivity contribution in [3.63, 3.8) is 0 Å². The van der Waals surface area contributed by atoms with E-state index in [0.717, 1.165) is 31.3 Å². The van der Waals surface area contributed by atoms with Crippen LogP contribution in [0.3, 0.4) is 0 Å². The first kappa shape index (κ1) is 34.2. The summed E-state index contributed by atoms with van der Waals surface area (Å²) < 4.78 is 35.3. The molecule has 0 spiro atoms. The number of aromatic nitrogens is 1. The molecule has 2 amide bonds. The highest BCUT2D eigenvalue weighted by Gasteiger charge is 2.35. The molecular formula is C33H44N6O7S. The molecule has 2 aromatic carbocycles. The minimum Gasteiger partial charge on any atom is -0.494 e. The highest BCUT2D eigenvalue weighted by atomic mass is 32.2. The second-order valence-electron chi connectivity index (χ2n) is 13.4. The third kappa shape index (κ3) is 6.67. The van der Waals surface area contributed by atoms with E-state index < -0.39 is 27.3 Å². The lowest BCUT2D eigenvalue weighted by Crippen LogP contribution is -2.50. The lowest BCUT2D eigenvalue weighted by molar-refractivity contribution is -0.136. The number of methoxy groups -OCH3 is 1. The minimum atomic E-state index is -3.94. The van der Waals surface area contributed by atoms with E-state index in [2.05, 4.69) is 14.9 Å². The fraction of sp³-hybridized carbons (Fsp3) is 0.485. The van der Waals surface area contributed by atoms with Crippen LogP contribution in [0.15, 0.2) is 24.3 Å². The van der Waals surface area contributed by atoms with Crippen molar-refractivity contribution in [2.45, 2.75) is 39.2 Å². The SMILES string of the molecule is COc1c(C(N)=O)cc(C(C)(C)C)c(-c2c(C(=O)O)n(C)c3c(CN4CCN(C(=O)C5CCNC5)CC4)cccc23)c1NS(C)(=O)=O. The lowest BCUT2D eigenvalue weighted by Gasteiger charge is -2.36. The molecule has 0 aliphatic carbocycles. The van der Waals surface area contributed by atoms with Gasteiger partial charge < -0.3 is 30.4 Å². The highest BCUT2D eigenvalue weighted by Crippen LogP contribution is 2.49. The zero-order valence-corrected chi connectivity index (χ0v) is 28.6. The number of carboxylic acids is 1. The quantitative estimate of drug-likeness (QED) is 0.267. The summed E-state index contributed by atoms with van der Waals surface area (Å²) >= 11 is 0. The van der Waals surface area contributed by atoms with Crippen LogP contribution >= 0.6 is 0 Å². The molecule has 5 rings (SSSR count). The number of anilines is 1. The Hall–Kier alpha value is -4.14. The second kappa shape index (κ2) is 12.8. The number of primary amides is 1. The van der Waals surface area contributed by atoms with Gasteiger partial charge in [-0.25, -0.2) is 13.2 Å². The van der Waals surface area contributed by atoms with Gasteiger partial charge in [0.1, 0.15) is 5.69 Å². The zero-order chi connectivity index (χ0) is 34.4. The number of ether oxygens (including phenoxy) is 1. The fourth-order valence-electron chi connectivity index (χ4n) is 6.91. The summed E-state index contributed by atoms with van der Waals surface area (Å²) in [5.41, 5.74) is 7.56. The number of fused-ring (bicyclic) bond motifs is 1. The van der Waals surface area contributed by atoms with Crippen LogP contribution in [0.5, 0.6) is 5.75 Å². The van der Waals surface area contributed by atoms with Crippen molar-refractivity contribution in [3.05, 3.63) is 46.6 Å². The van der Waals surface area contributed by atoms with E-state index in [9.17, 15) is 27.9 Å². The Morgan fingerprint density at radius 3 is 2.34 bits per heavy atom. The first-order chi connectivity index (χ1) is 22.0. The summed E-state index contributed by atoms with van der Waals surface area (Å²) in [6.45, 7) is 10.3. The number of carboxylic acid groups (broad SMARTS) is 1. The Kier molecular flexibility index (Phi) is 9.32. The number of sulfonamides is 1. The number of nitrogens with two attached hydrogens (primary N) is 1. The Morgan fingerprint density at radius 1 is 1.13 bits per heavy atom. The molecule has 3 heterocycles. The average molecular weight is 669 g/mol. The van der Waals surface area contributed by atoms with Crippen molar-refractivity contribution in [1.29, 1.82) is 0 Å². The maximum absolute atomic E-state index is 13.1. The number of carbonyl (C=O) groups excluding carboxylic acids is 2. The molecule has 14 heteroatoms. The van der Waals surface area contributed by atoms with Crippen LogP contribution in [-0.2, 0) is 33.8 Å². The van der Waals surface area contributed by atoms with Crippen molar-refractivity contribution in [2.24, 2.45) is 18.7 Å². The van der Waals surface area contributed by atoms with Gasteiger partial charge >= 0.3 is 5.97 Å². The number of piperazine rings is 1. The van der Waals surface area contributed by atoms with Crippen LogP contribution in [-0.4, -0.2) is 98.3 Å². The summed E-state index contributed by atoms with van der Waals surface area (Å²) in [7, 11) is -0.963. The van der Waals surface area contributed by atoms with E-state index in [1.165, 1.54) is 7.11 Å². The predicted octanol–water partition coefficient (Wildman–Crippen LogP) is 2.57. The molecule has 1 unspecified atom stereocenters. The number of aryl methyl sites for hydroxylation is 1. The molecular weight excluding hydrogens is 624 g/mol. The molecule has 2 fully saturated rings. The smallest absolute Gasteiger partial charge is 0.353 e. The topological polar surface area (TPSA) is 176 Å². The standard InChI is InChI=1S/C33H44N6O7S/c1-33(2,3)23-16-22(30(34)40)29(46-5)26(36-47(6,44)45)25(23)24-21-9-7-8-20(27(21)37(4)28(24)32(42)43)18-38-12-14-39(15-13-38)31(41)19-10-11-35-17-19/h7-9,16,19,35-36H,10-15,17-18H2,1-6H3,(H2,34,40)(H,42,43). The molecule has 3 aromatic rings. The summed E-state index contributed by atoms with van der Waals surface area (Å²) in [5, 5.41) is 14.5. The Bertz CT molecular complexity index is 1850. The molecule has 47 heavy (non-hydrogen) atoms. The van der Waals surface area contributed by atoms with E-state index in [0.29, 0.717) is 60.3 Å². The van der Waals surface area contributed by atoms with E-state index in [4.69, 9.17) is 10.5 Å². The van der Waals surface area contributed by atoms with Gasteiger partial charge in [-0.05, 0) is 35.6 Å². The minimum absolute atomic E-state index is 0.0299. The van der Waals surface area contributed by atoms with Gasteiger partial charge in [0.2, 0.25) is 15.9 Å². The van der Waals surface area contributed by atoms with Crippen molar-refractivity contribution >= 4 is 44.4 Å². The van der Waals surface area contributed by atoms with Crippen molar-refractivity contribution in [1.82, 2.24) is 19.7 Å². The fourth-order valence-corrected chi connectivity index (χ4v) is 7.48. The largest absolute Gasteiger partial charge is 0.494 e. The second-order valence-corrected chi connectivity index (χ2v) is 15.2. The molecule has 2 aliphatic rings. The summed E-state index contributed by atoms with van der Waals surface area (Å²) in [4.78, 5) is 42.8. The van der Waals surface area contributed by atoms with Crippen LogP contribution in [0.1, 0.15) is 59.2 Å². The van der Waals surface area contributed by atoms with Gasteiger partial charge in [0.05, 0.1) is 36.1 Å². The normalized spacial score (nSPS) is 17.7. The summed E-state index contributed by atoms with van der Waals surface area (Å²) in [5.74, 6) is -1.91. The van der Waals surface area contributed by atoms with Crippen LogP contribution in [0.2, 0.25) is 0 Å². The number of aromatic carboxylic acids is 1. The van der Waals surface area contributed by atoms with Crippen molar-refractivity contribution in [3.8, 4) is 16.9 Å². The first-order valence-corrected chi connectivity index (χ1v) is 17.5. The monoisotopic (exact) mass is 668 g/mol. The van der Waals surface area contributed by atoms with Crippen LogP contribution in [0.25, 0.3) is 22.0 Å². The van der Waals surface area contributed by atoms with Crippen LogP contribution in [0.4, 0.5) is 5.69 Å². The molecule has 2 saturated heterocycles. The van der Waals surface area contributed by atoms with E-state index in [1.54, 1.807) is 17.7 Å². The molecule has 1 aromatic heterocycles. The number of hydrogen-bond donors (Lipinski definition) is 4. The predicted molar refractivity (Wildman–Crippen MR) is 180 cm³/mol. The maximum Gasteiger partial charge on any atom is 0.353 e. The van der Waals surface area contributed by atoms with Gasteiger partial charge in [-0.3, -0.25) is 19.2 Å². The summed E-state index contributed by atoms with van der Waals surface area (Å²) in [6.07, 6.45) is 1.83. The molecule has 254 valence electrons. The number of nitrogens with zero attached hydrogens (tertiary/aromatic N) is 3. The van der Waals surface area contributed by atoms with Gasteiger partial charge in [0.15, 0.2) is 5.75 Å². The third-order valence-corrected chi connectivity index (χ3v) is 9.66. The Balaban J connectivity index is 1.68. The van der Waals surface area contributed by atoms with Gasteiger partial charge in [0.25, 0.3) is 5.91 Å². The van der Waals surface area contributed by atoms with E-state index >= 15 is 0 Å². The van der Waals surface area contributed by atoms with Gasteiger partial charge in [0, 0.05) is 62.8 Å². The van der Waals surface area contributed by atoms with E-state index in [1.807, 2.05) is 43.9 Å². The molecule has 2 aliphatic heterocycles. The highest BCUT2D eigenvalue weighted by molar-refractivity contribution is 7.92. The first-order valence-electron chi connectivity index (χ1n) is 15.6. The third-order valence-electron chi connectivity index (χ3n) is 9.08. The molecule has 5 N–H and O–H groups in total. The number of carbonyl (C=O) groups is 3. The molecule has 13 nitrogen and oxygen atoms in total. The number of benzene rings is 2. The van der Waals surface area contributed by atoms with Gasteiger partial charge in [-0.2, -0.15) is 0 Å². The number of amides is 2. The number of nitrogens with one attached hydrogen (secondary N) is 2. The zero-order valence-electron chi connectivity index (χ0n) is 27.8. The lowest BCUT2D eigenvalue weighted by atomic mass is 9.79. The molecule has 0 bridgehead atoms. The average Bonchev–Trinajstić information content (AvgIpc) is 3.62. The molecule has 0 saturated carbocycles. The van der Waals surface area contributed by atoms with Crippen LogP contribution in [0, 0.1) is 5.92 Å². The van der Waals surface area contributed by atoms with E-state index in [-0.39, 0.29) is 34.5 Å². The number of para-hydroxylation sites is 1. The Morgan fingerprint density at radius 2 is 1.81 bits per heavy atom. The summed E-state index contributed by atoms with van der Waals surface area (Å²) in [6, 6.07) is 7.18. The number of hydrogen-bond acceptors (Lipinski definition) is 8.